The third-order valence-electron chi connectivity index (χ3n) is 6.23. The van der Waals surface area contributed by atoms with E-state index in [1.807, 2.05) is 13.8 Å². The lowest BCUT2D eigenvalue weighted by atomic mass is 9.95. The maximum atomic E-state index is 13.3. The molecule has 2 saturated heterocycles. The molecular weight excluding hydrogens is 500 g/mol. The second kappa shape index (κ2) is 10.5. The third-order valence-corrected chi connectivity index (χ3v) is 7.80. The minimum absolute atomic E-state index is 0.178. The predicted molar refractivity (Wildman–Crippen MR) is 132 cm³/mol. The quantitative estimate of drug-likeness (QED) is 0.292. The molecule has 2 aliphatic rings. The highest BCUT2D eigenvalue weighted by Crippen LogP contribution is 2.56. The van der Waals surface area contributed by atoms with Gasteiger partial charge in [-0.15, -0.1) is 16.9 Å². The zero-order valence-electron chi connectivity index (χ0n) is 21.0. The van der Waals surface area contributed by atoms with Gasteiger partial charge in [0.2, 0.25) is 17.7 Å². The Kier molecular flexibility index (Phi) is 7.50. The number of hydrogen-bond acceptors (Lipinski definition) is 10. The highest BCUT2D eigenvalue weighted by Gasteiger charge is 2.63. The van der Waals surface area contributed by atoms with E-state index in [1.165, 1.54) is 16.4 Å². The van der Waals surface area contributed by atoms with Gasteiger partial charge < -0.3 is 26.0 Å². The Bertz CT molecular complexity index is 1190. The lowest BCUT2D eigenvalue weighted by molar-refractivity contribution is -0.154. The number of carbonyl (C=O) groups excluding carboxylic acids is 4. The second-order valence-electron chi connectivity index (χ2n) is 9.65. The Morgan fingerprint density at radius 1 is 1.22 bits per heavy atom. The van der Waals surface area contributed by atoms with Gasteiger partial charge in [0.15, 0.2) is 12.6 Å². The van der Waals surface area contributed by atoms with E-state index in [9.17, 15) is 19.2 Å². The van der Waals surface area contributed by atoms with Gasteiger partial charge in [0.05, 0.1) is 12.5 Å². The molecule has 0 bridgehead atoms. The Balaban J connectivity index is 1.51. The van der Waals surface area contributed by atoms with Crippen LogP contribution in [0.25, 0.3) is 0 Å². The molecule has 0 aliphatic carbocycles. The fourth-order valence-electron chi connectivity index (χ4n) is 4.36. The van der Waals surface area contributed by atoms with Gasteiger partial charge >= 0.3 is 5.97 Å². The molecule has 13 nitrogen and oxygen atoms in total. The zero-order chi connectivity index (χ0) is 26.9. The molecule has 198 valence electrons. The van der Waals surface area contributed by atoms with E-state index in [4.69, 9.17) is 10.5 Å². The summed E-state index contributed by atoms with van der Waals surface area (Å²) in [7, 11) is 0. The number of amides is 3. The standard InChI is InChI=1S/C23H30N8O5S/c1-12(2)22(35)36-11-30-18(27-28-29-30)17-23(3,4)37-21-16(20(34)31(17)21)26-19(33)15(25-14(32)10-24)13-8-6-5-7-9-13/h5-9,12,15-17,21H,10-11,24H2,1-4H3,(H,25,32)(H,26,33). The number of hydrogen-bond donors (Lipinski definition) is 3. The predicted octanol–water partition coefficient (Wildman–Crippen LogP) is -0.134. The van der Waals surface area contributed by atoms with E-state index in [1.54, 1.807) is 49.1 Å². The first-order valence-electron chi connectivity index (χ1n) is 11.8. The first-order chi connectivity index (χ1) is 17.5. The lowest BCUT2D eigenvalue weighted by Gasteiger charge is -2.44. The summed E-state index contributed by atoms with van der Waals surface area (Å²) in [6, 6.07) is 6.41. The summed E-state index contributed by atoms with van der Waals surface area (Å²) >= 11 is 1.51. The molecule has 3 amide bonds. The van der Waals surface area contributed by atoms with Crippen molar-refractivity contribution in [3.63, 3.8) is 0 Å². The molecule has 4 atom stereocenters. The van der Waals surface area contributed by atoms with Crippen LogP contribution in [0.2, 0.25) is 0 Å². The zero-order valence-corrected chi connectivity index (χ0v) is 21.8. The molecule has 4 unspecified atom stereocenters. The minimum atomic E-state index is -1.00. The van der Waals surface area contributed by atoms with Crippen LogP contribution in [0.15, 0.2) is 30.3 Å². The fraction of sp³-hybridized carbons (Fsp3) is 0.522. The van der Waals surface area contributed by atoms with Crippen LogP contribution in [0.4, 0.5) is 0 Å². The Morgan fingerprint density at radius 2 is 1.92 bits per heavy atom. The number of carbonyl (C=O) groups is 4. The summed E-state index contributed by atoms with van der Waals surface area (Å²) in [5.74, 6) is -1.63. The average molecular weight is 531 g/mol. The maximum Gasteiger partial charge on any atom is 0.310 e. The molecular formula is C23H30N8O5S. The lowest BCUT2D eigenvalue weighted by Crippen LogP contribution is -2.68. The summed E-state index contributed by atoms with van der Waals surface area (Å²) < 4.78 is 6.13. The van der Waals surface area contributed by atoms with Gasteiger partial charge in [0.25, 0.3) is 0 Å². The molecule has 0 saturated carbocycles. The normalized spacial score (nSPS) is 22.7. The van der Waals surface area contributed by atoms with Crippen molar-refractivity contribution >= 4 is 35.5 Å². The number of tetrazole rings is 1. The van der Waals surface area contributed by atoms with Crippen molar-refractivity contribution in [3.05, 3.63) is 41.7 Å². The molecule has 3 heterocycles. The maximum absolute atomic E-state index is 13.3. The van der Waals surface area contributed by atoms with E-state index in [0.29, 0.717) is 11.4 Å². The van der Waals surface area contributed by atoms with E-state index in [2.05, 4.69) is 26.2 Å². The van der Waals surface area contributed by atoms with Crippen LogP contribution in [0.1, 0.15) is 51.2 Å². The molecule has 2 fully saturated rings. The van der Waals surface area contributed by atoms with Crippen molar-refractivity contribution in [2.75, 3.05) is 6.54 Å². The number of nitrogens with two attached hydrogens (primary N) is 1. The largest absolute Gasteiger partial charge is 0.442 e. The number of nitrogens with zero attached hydrogens (tertiary/aromatic N) is 5. The number of thioether (sulfide) groups is 1. The van der Waals surface area contributed by atoms with Gasteiger partial charge in [0, 0.05) is 4.75 Å². The van der Waals surface area contributed by atoms with Crippen molar-refractivity contribution in [2.24, 2.45) is 11.7 Å². The molecule has 1 aromatic heterocycles. The summed E-state index contributed by atoms with van der Waals surface area (Å²) in [6.07, 6.45) is 0. The van der Waals surface area contributed by atoms with Crippen LogP contribution in [-0.2, 0) is 30.6 Å². The van der Waals surface area contributed by atoms with Crippen molar-refractivity contribution in [3.8, 4) is 0 Å². The summed E-state index contributed by atoms with van der Waals surface area (Å²) in [6.45, 7) is 6.91. The van der Waals surface area contributed by atoms with Gasteiger partial charge in [0.1, 0.15) is 23.5 Å². The summed E-state index contributed by atoms with van der Waals surface area (Å²) in [5, 5.41) is 16.8. The molecule has 4 N–H and O–H groups in total. The molecule has 2 aromatic rings. The third kappa shape index (κ3) is 5.16. The van der Waals surface area contributed by atoms with Gasteiger partial charge in [-0.05, 0) is 29.8 Å². The van der Waals surface area contributed by atoms with E-state index >= 15 is 0 Å². The number of esters is 1. The highest BCUT2D eigenvalue weighted by molar-refractivity contribution is 8.01. The minimum Gasteiger partial charge on any atom is -0.442 e. The van der Waals surface area contributed by atoms with E-state index < -0.39 is 40.7 Å². The number of fused-ring (bicyclic) bond motifs is 1. The van der Waals surface area contributed by atoms with Crippen LogP contribution in [0.5, 0.6) is 0 Å². The van der Waals surface area contributed by atoms with Crippen molar-refractivity contribution in [1.29, 1.82) is 0 Å². The van der Waals surface area contributed by atoms with Gasteiger partial charge in [-0.2, -0.15) is 4.68 Å². The molecule has 2 aliphatic heterocycles. The van der Waals surface area contributed by atoms with Crippen LogP contribution in [-0.4, -0.2) is 71.5 Å². The van der Waals surface area contributed by atoms with Crippen molar-refractivity contribution in [1.82, 2.24) is 35.7 Å². The smallest absolute Gasteiger partial charge is 0.310 e. The SMILES string of the molecule is CC(C)C(=O)OCn1nnnc1C1N2C(=O)C(NC(=O)C(NC(=O)CN)c3ccccc3)C2SC1(C)C. The van der Waals surface area contributed by atoms with Crippen LogP contribution < -0.4 is 16.4 Å². The summed E-state index contributed by atoms with van der Waals surface area (Å²) in [5.41, 5.74) is 6.00. The first kappa shape index (κ1) is 26.5. The molecule has 37 heavy (non-hydrogen) atoms. The fourth-order valence-corrected chi connectivity index (χ4v) is 5.99. The van der Waals surface area contributed by atoms with Crippen molar-refractivity contribution in [2.45, 2.75) is 62.7 Å². The number of ether oxygens (including phenoxy) is 1. The monoisotopic (exact) mass is 530 g/mol. The second-order valence-corrected chi connectivity index (χ2v) is 11.4. The number of rotatable bonds is 9. The first-order valence-corrected chi connectivity index (χ1v) is 12.7. The number of aromatic nitrogens is 4. The van der Waals surface area contributed by atoms with Crippen molar-refractivity contribution < 1.29 is 23.9 Å². The van der Waals surface area contributed by atoms with E-state index in [-0.39, 0.29) is 30.5 Å². The van der Waals surface area contributed by atoms with Gasteiger partial charge in [-0.1, -0.05) is 44.2 Å². The average Bonchev–Trinajstić information content (AvgIpc) is 3.43. The van der Waals surface area contributed by atoms with Crippen LogP contribution in [0.3, 0.4) is 0 Å². The van der Waals surface area contributed by atoms with Gasteiger partial charge in [-0.3, -0.25) is 19.2 Å². The number of benzene rings is 1. The van der Waals surface area contributed by atoms with Gasteiger partial charge in [-0.25, -0.2) is 0 Å². The number of β-lactam (4-membered cyclic amide) rings is 1. The van der Waals surface area contributed by atoms with E-state index in [0.717, 1.165) is 0 Å². The van der Waals surface area contributed by atoms with Crippen LogP contribution >= 0.6 is 11.8 Å². The topological polar surface area (TPSA) is 174 Å². The molecule has 14 heteroatoms. The summed E-state index contributed by atoms with van der Waals surface area (Å²) in [4.78, 5) is 52.1. The molecule has 0 radical (unpaired) electrons. The Morgan fingerprint density at radius 3 is 2.57 bits per heavy atom. The highest BCUT2D eigenvalue weighted by atomic mass is 32.2. The Hall–Kier alpha value is -3.52. The molecule has 0 spiro atoms. The molecule has 1 aromatic carbocycles. The molecule has 4 rings (SSSR count). The van der Waals surface area contributed by atoms with Crippen LogP contribution in [0, 0.1) is 5.92 Å². The Labute approximate surface area is 217 Å². The number of nitrogens with one attached hydrogen (secondary N) is 2.